The summed E-state index contributed by atoms with van der Waals surface area (Å²) >= 11 is 0. The third-order valence-electron chi connectivity index (χ3n) is 4.35. The Morgan fingerprint density at radius 1 is 1.12 bits per heavy atom. The Hall–Kier alpha value is -3.15. The number of phenolic OH excluding ortho intramolecular Hbond substituents is 2. The lowest BCUT2D eigenvalue weighted by atomic mass is 9.99. The van der Waals surface area contributed by atoms with Crippen molar-refractivity contribution in [3.05, 3.63) is 57.2 Å². The van der Waals surface area contributed by atoms with Crippen molar-refractivity contribution in [1.82, 2.24) is 0 Å². The SMILES string of the molecule is CC(C)=CCc1c(O)cc2oc(C3=CC=C(O)CC3)c(O)c(=O)c2c1O. The number of rotatable bonds is 3. The van der Waals surface area contributed by atoms with E-state index in [1.54, 1.807) is 6.08 Å². The van der Waals surface area contributed by atoms with Crippen LogP contribution in [-0.2, 0) is 6.42 Å². The number of allylic oxidation sites excluding steroid dienone is 6. The van der Waals surface area contributed by atoms with Crippen LogP contribution in [0.1, 0.15) is 38.0 Å². The Labute approximate surface area is 149 Å². The van der Waals surface area contributed by atoms with Crippen molar-refractivity contribution in [3.63, 3.8) is 0 Å². The van der Waals surface area contributed by atoms with Gasteiger partial charge in [0.15, 0.2) is 5.76 Å². The summed E-state index contributed by atoms with van der Waals surface area (Å²) in [4.78, 5) is 12.6. The van der Waals surface area contributed by atoms with Gasteiger partial charge in [0.1, 0.15) is 22.5 Å². The van der Waals surface area contributed by atoms with E-state index in [4.69, 9.17) is 4.42 Å². The normalized spacial score (nSPS) is 14.1. The van der Waals surface area contributed by atoms with E-state index in [0.29, 0.717) is 18.4 Å². The summed E-state index contributed by atoms with van der Waals surface area (Å²) < 4.78 is 5.63. The highest BCUT2D eigenvalue weighted by molar-refractivity contribution is 5.89. The number of fused-ring (bicyclic) bond motifs is 1. The van der Waals surface area contributed by atoms with E-state index in [0.717, 1.165) is 5.57 Å². The zero-order chi connectivity index (χ0) is 19.0. The standard InChI is InChI=1S/C20H20O6/c1-10(2)3-8-13-14(22)9-15-16(17(13)23)18(24)19(25)20(26-15)11-4-6-12(21)7-5-11/h3-4,6,9,21-23,25H,5,7-8H2,1-2H3. The molecule has 136 valence electrons. The topological polar surface area (TPSA) is 111 Å². The minimum atomic E-state index is -0.767. The van der Waals surface area contributed by atoms with Crippen LogP contribution in [0.3, 0.4) is 0 Å². The van der Waals surface area contributed by atoms with Gasteiger partial charge in [0.05, 0.1) is 5.76 Å². The summed E-state index contributed by atoms with van der Waals surface area (Å²) in [5, 5.41) is 40.3. The molecule has 0 unspecified atom stereocenters. The third-order valence-corrected chi connectivity index (χ3v) is 4.35. The van der Waals surface area contributed by atoms with E-state index in [-0.39, 0.29) is 40.2 Å². The van der Waals surface area contributed by atoms with Crippen molar-refractivity contribution >= 4 is 16.5 Å². The van der Waals surface area contributed by atoms with Gasteiger partial charge in [-0.25, -0.2) is 0 Å². The van der Waals surface area contributed by atoms with Gasteiger partial charge in [-0.05, 0) is 38.3 Å². The van der Waals surface area contributed by atoms with Crippen LogP contribution < -0.4 is 5.43 Å². The number of aromatic hydroxyl groups is 3. The molecule has 3 rings (SSSR count). The van der Waals surface area contributed by atoms with Crippen molar-refractivity contribution in [1.29, 1.82) is 0 Å². The van der Waals surface area contributed by atoms with E-state index >= 15 is 0 Å². The summed E-state index contributed by atoms with van der Waals surface area (Å²) in [6.45, 7) is 3.76. The lowest BCUT2D eigenvalue weighted by Crippen LogP contribution is -2.06. The van der Waals surface area contributed by atoms with Gasteiger partial charge in [-0.2, -0.15) is 0 Å². The van der Waals surface area contributed by atoms with Crippen LogP contribution in [0.15, 0.2) is 44.8 Å². The molecule has 0 bridgehead atoms. The second-order valence-electron chi connectivity index (χ2n) is 6.54. The van der Waals surface area contributed by atoms with Crippen molar-refractivity contribution in [3.8, 4) is 17.2 Å². The molecule has 1 aliphatic rings. The van der Waals surface area contributed by atoms with Crippen LogP contribution in [0.5, 0.6) is 17.2 Å². The fourth-order valence-corrected chi connectivity index (χ4v) is 2.89. The van der Waals surface area contributed by atoms with E-state index in [1.807, 2.05) is 19.9 Å². The number of benzene rings is 1. The van der Waals surface area contributed by atoms with Crippen LogP contribution in [0.25, 0.3) is 16.5 Å². The maximum absolute atomic E-state index is 12.6. The molecule has 0 radical (unpaired) electrons. The van der Waals surface area contributed by atoms with Crippen molar-refractivity contribution in [2.75, 3.05) is 0 Å². The summed E-state index contributed by atoms with van der Waals surface area (Å²) in [5.74, 6) is -1.02. The fraction of sp³-hybridized carbons (Fsp3) is 0.250. The Bertz CT molecular complexity index is 1030. The van der Waals surface area contributed by atoms with Crippen LogP contribution in [0, 0.1) is 0 Å². The highest BCUT2D eigenvalue weighted by Gasteiger charge is 2.23. The first kappa shape index (κ1) is 17.7. The van der Waals surface area contributed by atoms with E-state index < -0.39 is 16.9 Å². The van der Waals surface area contributed by atoms with E-state index in [2.05, 4.69) is 0 Å². The zero-order valence-corrected chi connectivity index (χ0v) is 14.5. The summed E-state index contributed by atoms with van der Waals surface area (Å²) in [6, 6.07) is 1.27. The molecular weight excluding hydrogens is 336 g/mol. The summed E-state index contributed by atoms with van der Waals surface area (Å²) in [6.07, 6.45) is 5.84. The third kappa shape index (κ3) is 3.06. The molecular formula is C20H20O6. The highest BCUT2D eigenvalue weighted by Crippen LogP contribution is 2.39. The van der Waals surface area contributed by atoms with E-state index in [1.165, 1.54) is 12.1 Å². The van der Waals surface area contributed by atoms with Gasteiger partial charge < -0.3 is 24.8 Å². The Morgan fingerprint density at radius 2 is 1.85 bits per heavy atom. The molecule has 26 heavy (non-hydrogen) atoms. The van der Waals surface area contributed by atoms with Crippen molar-refractivity contribution in [2.45, 2.75) is 33.1 Å². The molecule has 1 aromatic carbocycles. The second kappa shape index (κ2) is 6.63. The van der Waals surface area contributed by atoms with Gasteiger partial charge in [-0.3, -0.25) is 4.79 Å². The average molecular weight is 356 g/mol. The maximum atomic E-state index is 12.6. The smallest absolute Gasteiger partial charge is 0.238 e. The lowest BCUT2D eigenvalue weighted by molar-refractivity contribution is 0.387. The maximum Gasteiger partial charge on any atom is 0.238 e. The molecule has 0 aliphatic heterocycles. The molecule has 0 atom stereocenters. The fourth-order valence-electron chi connectivity index (χ4n) is 2.89. The van der Waals surface area contributed by atoms with Crippen LogP contribution >= 0.6 is 0 Å². The highest BCUT2D eigenvalue weighted by atomic mass is 16.4. The van der Waals surface area contributed by atoms with Gasteiger partial charge in [-0.15, -0.1) is 0 Å². The van der Waals surface area contributed by atoms with Crippen molar-refractivity contribution in [2.24, 2.45) is 0 Å². The first-order valence-electron chi connectivity index (χ1n) is 8.25. The molecule has 6 heteroatoms. The largest absolute Gasteiger partial charge is 0.512 e. The minimum Gasteiger partial charge on any atom is -0.512 e. The molecule has 1 heterocycles. The average Bonchev–Trinajstić information content (AvgIpc) is 2.58. The number of hydrogen-bond acceptors (Lipinski definition) is 6. The van der Waals surface area contributed by atoms with Gasteiger partial charge in [0.2, 0.25) is 11.2 Å². The molecule has 0 saturated carbocycles. The molecule has 2 aromatic rings. The van der Waals surface area contributed by atoms with Crippen LogP contribution in [-0.4, -0.2) is 20.4 Å². The van der Waals surface area contributed by atoms with E-state index in [9.17, 15) is 25.2 Å². The molecule has 4 N–H and O–H groups in total. The minimum absolute atomic E-state index is 0.0153. The van der Waals surface area contributed by atoms with Crippen LogP contribution in [0.4, 0.5) is 0 Å². The molecule has 0 amide bonds. The second-order valence-corrected chi connectivity index (χ2v) is 6.54. The number of aliphatic hydroxyl groups is 1. The quantitative estimate of drug-likeness (QED) is 0.618. The number of aliphatic hydroxyl groups excluding tert-OH is 1. The molecule has 0 fully saturated rings. The van der Waals surface area contributed by atoms with Gasteiger partial charge in [0.25, 0.3) is 0 Å². The first-order chi connectivity index (χ1) is 12.3. The molecule has 1 aliphatic carbocycles. The molecule has 6 nitrogen and oxygen atoms in total. The Morgan fingerprint density at radius 3 is 2.46 bits per heavy atom. The van der Waals surface area contributed by atoms with Gasteiger partial charge in [-0.1, -0.05) is 17.7 Å². The Kier molecular flexibility index (Phi) is 4.50. The summed E-state index contributed by atoms with van der Waals surface area (Å²) in [7, 11) is 0. The predicted molar refractivity (Wildman–Crippen MR) is 98.5 cm³/mol. The molecule has 1 aromatic heterocycles. The summed E-state index contributed by atoms with van der Waals surface area (Å²) in [5.41, 5.74) is 0.958. The predicted octanol–water partition coefficient (Wildman–Crippen LogP) is 4.04. The van der Waals surface area contributed by atoms with Gasteiger partial charge in [0, 0.05) is 18.1 Å². The monoisotopic (exact) mass is 356 g/mol. The van der Waals surface area contributed by atoms with Gasteiger partial charge >= 0.3 is 0 Å². The van der Waals surface area contributed by atoms with Crippen LogP contribution in [0.2, 0.25) is 0 Å². The lowest BCUT2D eigenvalue weighted by Gasteiger charge is -2.14. The number of phenols is 2. The molecule has 0 saturated heterocycles. The Balaban J connectivity index is 2.24. The first-order valence-corrected chi connectivity index (χ1v) is 8.25. The van der Waals surface area contributed by atoms with Crippen molar-refractivity contribution < 1.29 is 24.8 Å². The number of hydrogen-bond donors (Lipinski definition) is 4. The zero-order valence-electron chi connectivity index (χ0n) is 14.5. The molecule has 0 spiro atoms.